The molecule has 0 aliphatic carbocycles. The summed E-state index contributed by atoms with van der Waals surface area (Å²) in [5.74, 6) is 0.448. The summed E-state index contributed by atoms with van der Waals surface area (Å²) in [6.45, 7) is 1.24. The molecule has 1 saturated heterocycles. The minimum Gasteiger partial charge on any atom is -0.472 e. The summed E-state index contributed by atoms with van der Waals surface area (Å²) >= 11 is 1.47. The summed E-state index contributed by atoms with van der Waals surface area (Å²) in [5.41, 5.74) is 0.638. The van der Waals surface area contributed by atoms with Gasteiger partial charge in [0.2, 0.25) is 5.88 Å². The highest BCUT2D eigenvalue weighted by molar-refractivity contribution is 7.98. The molecular formula is C17H20N4O3S. The van der Waals surface area contributed by atoms with Crippen molar-refractivity contribution in [2.45, 2.75) is 24.0 Å². The highest BCUT2D eigenvalue weighted by atomic mass is 32.2. The Morgan fingerprint density at radius 1 is 1.32 bits per heavy atom. The Morgan fingerprint density at radius 3 is 3.00 bits per heavy atom. The van der Waals surface area contributed by atoms with Crippen LogP contribution in [0.3, 0.4) is 0 Å². The average molecular weight is 360 g/mol. The van der Waals surface area contributed by atoms with Crippen LogP contribution in [0.4, 0.5) is 0 Å². The van der Waals surface area contributed by atoms with Crippen LogP contribution in [0.5, 0.6) is 11.9 Å². The van der Waals surface area contributed by atoms with E-state index in [0.29, 0.717) is 24.5 Å². The van der Waals surface area contributed by atoms with Crippen LogP contribution in [0.1, 0.15) is 23.2 Å². The van der Waals surface area contributed by atoms with Crippen LogP contribution < -0.4 is 9.47 Å². The number of aromatic nitrogens is 3. The molecule has 1 aliphatic heterocycles. The molecule has 7 nitrogen and oxygen atoms in total. The van der Waals surface area contributed by atoms with E-state index in [2.05, 4.69) is 15.0 Å². The molecule has 3 heterocycles. The molecule has 1 fully saturated rings. The topological polar surface area (TPSA) is 77.4 Å². The molecule has 8 heteroatoms. The van der Waals surface area contributed by atoms with Crippen LogP contribution in [0.25, 0.3) is 0 Å². The molecule has 1 atom stereocenters. The van der Waals surface area contributed by atoms with Crippen LogP contribution in [-0.2, 0) is 0 Å². The van der Waals surface area contributed by atoms with E-state index in [-0.39, 0.29) is 18.0 Å². The Morgan fingerprint density at radius 2 is 2.20 bits per heavy atom. The van der Waals surface area contributed by atoms with E-state index in [4.69, 9.17) is 9.47 Å². The van der Waals surface area contributed by atoms with Crippen molar-refractivity contribution in [3.05, 3.63) is 36.2 Å². The zero-order valence-corrected chi connectivity index (χ0v) is 15.0. The Labute approximate surface area is 150 Å². The van der Waals surface area contributed by atoms with Gasteiger partial charge in [0.15, 0.2) is 0 Å². The van der Waals surface area contributed by atoms with E-state index in [0.717, 1.165) is 17.9 Å². The molecule has 2 aromatic rings. The Kier molecular flexibility index (Phi) is 5.70. The van der Waals surface area contributed by atoms with Crippen molar-refractivity contribution in [3.8, 4) is 11.9 Å². The van der Waals surface area contributed by atoms with Gasteiger partial charge in [0.05, 0.1) is 19.2 Å². The summed E-state index contributed by atoms with van der Waals surface area (Å²) < 4.78 is 10.9. The largest absolute Gasteiger partial charge is 0.472 e. The van der Waals surface area contributed by atoms with Crippen LogP contribution in [0.2, 0.25) is 0 Å². The van der Waals surface area contributed by atoms with Crippen molar-refractivity contribution in [2.75, 3.05) is 26.5 Å². The van der Waals surface area contributed by atoms with Crippen LogP contribution >= 0.6 is 11.8 Å². The fraction of sp³-hybridized carbons (Fsp3) is 0.412. The summed E-state index contributed by atoms with van der Waals surface area (Å²) in [6, 6.07) is 5.57. The number of carbonyl (C=O) groups excluding carboxylic acids is 1. The van der Waals surface area contributed by atoms with Gasteiger partial charge in [0.25, 0.3) is 5.91 Å². The number of amides is 1. The van der Waals surface area contributed by atoms with E-state index in [1.807, 2.05) is 17.2 Å². The van der Waals surface area contributed by atoms with Crippen molar-refractivity contribution in [2.24, 2.45) is 0 Å². The van der Waals surface area contributed by atoms with Gasteiger partial charge in [-0.1, -0.05) is 0 Å². The normalized spacial score (nSPS) is 17.2. The number of carbonyl (C=O) groups is 1. The minimum atomic E-state index is -0.105. The van der Waals surface area contributed by atoms with Gasteiger partial charge in [0, 0.05) is 25.0 Å². The van der Waals surface area contributed by atoms with Crippen molar-refractivity contribution >= 4 is 17.7 Å². The maximum absolute atomic E-state index is 12.8. The highest BCUT2D eigenvalue weighted by Gasteiger charge is 2.27. The number of pyridine rings is 1. The van der Waals surface area contributed by atoms with E-state index in [1.54, 1.807) is 24.5 Å². The fourth-order valence-electron chi connectivity index (χ4n) is 2.77. The predicted octanol–water partition coefficient (Wildman–Crippen LogP) is 2.29. The van der Waals surface area contributed by atoms with E-state index in [9.17, 15) is 4.79 Å². The summed E-state index contributed by atoms with van der Waals surface area (Å²) in [6.07, 6.45) is 6.86. The zero-order valence-electron chi connectivity index (χ0n) is 14.2. The number of piperidine rings is 1. The predicted molar refractivity (Wildman–Crippen MR) is 94.2 cm³/mol. The molecular weight excluding hydrogens is 340 g/mol. The molecule has 0 saturated carbocycles. The first-order valence-electron chi connectivity index (χ1n) is 8.03. The summed E-state index contributed by atoms with van der Waals surface area (Å²) in [7, 11) is 1.51. The lowest BCUT2D eigenvalue weighted by Crippen LogP contribution is -2.44. The Hall–Kier alpha value is -2.35. The number of nitrogens with zero attached hydrogens (tertiary/aromatic N) is 4. The molecule has 0 N–H and O–H groups in total. The summed E-state index contributed by atoms with van der Waals surface area (Å²) in [5, 5.41) is 0.746. The average Bonchev–Trinajstić information content (AvgIpc) is 2.67. The van der Waals surface area contributed by atoms with Gasteiger partial charge in [-0.25, -0.2) is 9.97 Å². The molecule has 0 bridgehead atoms. The highest BCUT2D eigenvalue weighted by Crippen LogP contribution is 2.22. The van der Waals surface area contributed by atoms with E-state index in [1.165, 1.54) is 18.9 Å². The number of likely N-dealkylation sites (tertiary alicyclic amines) is 1. The smallest absolute Gasteiger partial charge is 0.319 e. The third kappa shape index (κ3) is 4.19. The Balaban J connectivity index is 1.69. The van der Waals surface area contributed by atoms with Gasteiger partial charge >= 0.3 is 6.01 Å². The van der Waals surface area contributed by atoms with Gasteiger partial charge in [-0.05, 0) is 31.2 Å². The second-order valence-electron chi connectivity index (χ2n) is 5.58. The monoisotopic (exact) mass is 360 g/mol. The molecule has 0 aromatic carbocycles. The molecule has 1 amide bonds. The molecule has 1 unspecified atom stereocenters. The number of hydrogen-bond acceptors (Lipinski definition) is 7. The lowest BCUT2D eigenvalue weighted by molar-refractivity contribution is 0.0522. The molecule has 0 spiro atoms. The van der Waals surface area contributed by atoms with Crippen molar-refractivity contribution in [1.29, 1.82) is 0 Å². The van der Waals surface area contributed by atoms with Gasteiger partial charge in [-0.2, -0.15) is 4.98 Å². The second kappa shape index (κ2) is 8.15. The molecule has 0 radical (unpaired) electrons. The van der Waals surface area contributed by atoms with E-state index < -0.39 is 0 Å². The van der Waals surface area contributed by atoms with Crippen molar-refractivity contribution in [3.63, 3.8) is 0 Å². The first-order valence-corrected chi connectivity index (χ1v) is 9.25. The summed E-state index contributed by atoms with van der Waals surface area (Å²) in [4.78, 5) is 27.1. The van der Waals surface area contributed by atoms with Crippen LogP contribution in [0, 0.1) is 0 Å². The molecule has 2 aromatic heterocycles. The number of thioether (sulfide) groups is 1. The standard InChI is InChI=1S/C17H20N4O3S/c1-23-17-19-9-7-14(20-17)24-12-5-4-10-21(11-12)16(22)13-6-3-8-18-15(13)25-2/h3,6-9,12H,4-5,10-11H2,1-2H3. The molecule has 3 rings (SSSR count). The molecule has 132 valence electrons. The quantitative estimate of drug-likeness (QED) is 0.757. The lowest BCUT2D eigenvalue weighted by Gasteiger charge is -2.32. The van der Waals surface area contributed by atoms with E-state index >= 15 is 0 Å². The number of hydrogen-bond donors (Lipinski definition) is 0. The van der Waals surface area contributed by atoms with Gasteiger partial charge in [-0.15, -0.1) is 11.8 Å². The number of rotatable bonds is 5. The van der Waals surface area contributed by atoms with Crippen LogP contribution in [-0.4, -0.2) is 58.3 Å². The minimum absolute atomic E-state index is 0.00832. The van der Waals surface area contributed by atoms with Crippen LogP contribution in [0.15, 0.2) is 35.6 Å². The zero-order chi connectivity index (χ0) is 17.6. The van der Waals surface area contributed by atoms with Crippen molar-refractivity contribution in [1.82, 2.24) is 19.9 Å². The van der Waals surface area contributed by atoms with Gasteiger partial charge < -0.3 is 14.4 Å². The molecule has 25 heavy (non-hydrogen) atoms. The third-order valence-corrected chi connectivity index (χ3v) is 4.65. The number of methoxy groups -OCH3 is 1. The second-order valence-corrected chi connectivity index (χ2v) is 6.37. The third-order valence-electron chi connectivity index (χ3n) is 3.94. The lowest BCUT2D eigenvalue weighted by atomic mass is 10.1. The first kappa shape index (κ1) is 17.5. The molecule has 1 aliphatic rings. The SMILES string of the molecule is COc1nccc(OC2CCCN(C(=O)c3cccnc3SC)C2)n1. The van der Waals surface area contributed by atoms with Crippen molar-refractivity contribution < 1.29 is 14.3 Å². The maximum Gasteiger partial charge on any atom is 0.319 e. The Bertz CT molecular complexity index is 743. The number of ether oxygens (including phenoxy) is 2. The fourth-order valence-corrected chi connectivity index (χ4v) is 3.31. The van der Waals surface area contributed by atoms with Gasteiger partial charge in [-0.3, -0.25) is 4.79 Å². The first-order chi connectivity index (χ1) is 12.2. The van der Waals surface area contributed by atoms with Gasteiger partial charge in [0.1, 0.15) is 11.1 Å². The maximum atomic E-state index is 12.8.